The molecule has 0 unspecified atom stereocenters. The van der Waals surface area contributed by atoms with Gasteiger partial charge in [-0.15, -0.1) is 0 Å². The molecular formula is C7H15N5O2S. The second kappa shape index (κ2) is 5.92. The first kappa shape index (κ1) is 12.3. The van der Waals surface area contributed by atoms with E-state index in [9.17, 15) is 8.42 Å². The van der Waals surface area contributed by atoms with Crippen molar-refractivity contribution in [1.82, 2.24) is 9.03 Å². The predicted octanol–water partition coefficient (Wildman–Crippen LogP) is 0.617. The van der Waals surface area contributed by atoms with Crippen LogP contribution < -0.4 is 4.72 Å². The van der Waals surface area contributed by atoms with E-state index >= 15 is 0 Å². The summed E-state index contributed by atoms with van der Waals surface area (Å²) in [5, 5.41) is 3.26. The summed E-state index contributed by atoms with van der Waals surface area (Å²) in [6.07, 6.45) is 2.92. The molecule has 0 amide bonds. The average Bonchev–Trinajstić information content (AvgIpc) is 2.26. The SMILES string of the molecule is [N-]=[N+]=NCCNS(=O)(=O)N1CCCCC1. The maximum atomic E-state index is 11.6. The van der Waals surface area contributed by atoms with E-state index in [1.54, 1.807) is 0 Å². The molecule has 15 heavy (non-hydrogen) atoms. The molecule has 1 aliphatic rings. The van der Waals surface area contributed by atoms with Crippen LogP contribution in [0.3, 0.4) is 0 Å². The Balaban J connectivity index is 2.39. The van der Waals surface area contributed by atoms with Crippen molar-refractivity contribution >= 4 is 10.2 Å². The fraction of sp³-hybridized carbons (Fsp3) is 1.00. The third-order valence-electron chi connectivity index (χ3n) is 2.21. The lowest BCUT2D eigenvalue weighted by molar-refractivity contribution is 0.342. The van der Waals surface area contributed by atoms with Crippen LogP contribution in [0.4, 0.5) is 0 Å². The molecule has 0 bridgehead atoms. The van der Waals surface area contributed by atoms with Gasteiger partial charge in [-0.2, -0.15) is 12.7 Å². The molecule has 0 aromatic rings. The topological polar surface area (TPSA) is 98.2 Å². The number of nitrogens with one attached hydrogen (secondary N) is 1. The molecule has 0 radical (unpaired) electrons. The van der Waals surface area contributed by atoms with E-state index in [0.717, 1.165) is 19.3 Å². The number of nitrogens with zero attached hydrogens (tertiary/aromatic N) is 4. The fourth-order valence-corrected chi connectivity index (χ4v) is 2.74. The minimum atomic E-state index is -3.36. The minimum absolute atomic E-state index is 0.142. The second-order valence-electron chi connectivity index (χ2n) is 3.31. The molecule has 0 spiro atoms. The number of azide groups is 1. The van der Waals surface area contributed by atoms with Crippen molar-refractivity contribution in [2.75, 3.05) is 26.2 Å². The lowest BCUT2D eigenvalue weighted by Crippen LogP contribution is -2.44. The summed E-state index contributed by atoms with van der Waals surface area (Å²) in [6, 6.07) is 0. The van der Waals surface area contributed by atoms with E-state index in [-0.39, 0.29) is 13.1 Å². The van der Waals surface area contributed by atoms with Crippen molar-refractivity contribution < 1.29 is 8.42 Å². The summed E-state index contributed by atoms with van der Waals surface area (Å²) in [7, 11) is -3.36. The summed E-state index contributed by atoms with van der Waals surface area (Å²) in [6.45, 7) is 1.46. The molecule has 1 N–H and O–H groups in total. The molecule has 1 aliphatic heterocycles. The lowest BCUT2D eigenvalue weighted by atomic mass is 10.2. The van der Waals surface area contributed by atoms with E-state index in [4.69, 9.17) is 5.53 Å². The molecule has 1 saturated heterocycles. The van der Waals surface area contributed by atoms with Crippen molar-refractivity contribution in [3.8, 4) is 0 Å². The van der Waals surface area contributed by atoms with Crippen LogP contribution in [0.1, 0.15) is 19.3 Å². The molecule has 1 heterocycles. The highest BCUT2D eigenvalue weighted by molar-refractivity contribution is 7.87. The largest absolute Gasteiger partial charge is 0.279 e. The van der Waals surface area contributed by atoms with Crippen molar-refractivity contribution in [3.05, 3.63) is 10.4 Å². The van der Waals surface area contributed by atoms with Crippen LogP contribution >= 0.6 is 0 Å². The van der Waals surface area contributed by atoms with Gasteiger partial charge in [0.05, 0.1) is 0 Å². The minimum Gasteiger partial charge on any atom is -0.202 e. The van der Waals surface area contributed by atoms with Gasteiger partial charge < -0.3 is 0 Å². The third kappa shape index (κ3) is 4.05. The van der Waals surface area contributed by atoms with Gasteiger partial charge in [-0.1, -0.05) is 11.5 Å². The van der Waals surface area contributed by atoms with Gasteiger partial charge in [0.25, 0.3) is 10.2 Å². The Morgan fingerprint density at radius 1 is 1.33 bits per heavy atom. The third-order valence-corrected chi connectivity index (χ3v) is 3.83. The Kier molecular flexibility index (Phi) is 4.83. The van der Waals surface area contributed by atoms with Crippen LogP contribution in [0.25, 0.3) is 10.4 Å². The van der Waals surface area contributed by atoms with E-state index < -0.39 is 10.2 Å². The van der Waals surface area contributed by atoms with Crippen molar-refractivity contribution in [3.63, 3.8) is 0 Å². The van der Waals surface area contributed by atoms with Crippen LogP contribution in [-0.2, 0) is 10.2 Å². The highest BCUT2D eigenvalue weighted by Gasteiger charge is 2.22. The summed E-state index contributed by atoms with van der Waals surface area (Å²) < 4.78 is 27.1. The highest BCUT2D eigenvalue weighted by Crippen LogP contribution is 2.11. The standard InChI is InChI=1S/C7H15N5O2S/c8-11-9-4-5-10-15(13,14)12-6-2-1-3-7-12/h10H,1-7H2. The van der Waals surface area contributed by atoms with E-state index in [0.29, 0.717) is 13.1 Å². The molecule has 0 aliphatic carbocycles. The van der Waals surface area contributed by atoms with Crippen molar-refractivity contribution in [2.45, 2.75) is 19.3 Å². The monoisotopic (exact) mass is 233 g/mol. The lowest BCUT2D eigenvalue weighted by Gasteiger charge is -2.25. The molecule has 7 nitrogen and oxygen atoms in total. The van der Waals surface area contributed by atoms with Crippen molar-refractivity contribution in [2.24, 2.45) is 5.11 Å². The normalized spacial score (nSPS) is 18.4. The fourth-order valence-electron chi connectivity index (χ4n) is 1.47. The number of piperidine rings is 1. The zero-order chi connectivity index (χ0) is 11.1. The van der Waals surface area contributed by atoms with Gasteiger partial charge in [0.15, 0.2) is 0 Å². The summed E-state index contributed by atoms with van der Waals surface area (Å²) in [4.78, 5) is 2.54. The Morgan fingerprint density at radius 3 is 2.60 bits per heavy atom. The second-order valence-corrected chi connectivity index (χ2v) is 5.07. The zero-order valence-electron chi connectivity index (χ0n) is 8.46. The van der Waals surface area contributed by atoms with E-state index in [1.165, 1.54) is 4.31 Å². The number of rotatable bonds is 5. The Labute approximate surface area is 89.3 Å². The summed E-state index contributed by atoms with van der Waals surface area (Å²) in [5.74, 6) is 0. The molecule has 86 valence electrons. The molecule has 1 rings (SSSR count). The number of hydrogen-bond donors (Lipinski definition) is 1. The smallest absolute Gasteiger partial charge is 0.202 e. The maximum Gasteiger partial charge on any atom is 0.279 e. The van der Waals surface area contributed by atoms with Crippen molar-refractivity contribution in [1.29, 1.82) is 0 Å². The quantitative estimate of drug-likeness (QED) is 0.326. The molecule has 0 saturated carbocycles. The molecule has 0 atom stereocenters. The van der Waals surface area contributed by atoms with Crippen LogP contribution in [0.15, 0.2) is 5.11 Å². The Morgan fingerprint density at radius 2 is 2.00 bits per heavy atom. The molecule has 1 fully saturated rings. The van der Waals surface area contributed by atoms with Gasteiger partial charge in [0.1, 0.15) is 0 Å². The zero-order valence-corrected chi connectivity index (χ0v) is 9.28. The maximum absolute atomic E-state index is 11.6. The molecule has 0 aromatic carbocycles. The van der Waals surface area contributed by atoms with Crippen LogP contribution in [0.2, 0.25) is 0 Å². The molecular weight excluding hydrogens is 218 g/mol. The highest BCUT2D eigenvalue weighted by atomic mass is 32.2. The first-order chi connectivity index (χ1) is 7.17. The van der Waals surface area contributed by atoms with Gasteiger partial charge in [-0.05, 0) is 18.4 Å². The Hall–Kier alpha value is -0.820. The molecule has 8 heteroatoms. The van der Waals surface area contributed by atoms with Gasteiger partial charge in [-0.3, -0.25) is 0 Å². The van der Waals surface area contributed by atoms with Gasteiger partial charge in [-0.25, -0.2) is 4.72 Å². The first-order valence-corrected chi connectivity index (χ1v) is 6.36. The van der Waals surface area contributed by atoms with Crippen LogP contribution in [0.5, 0.6) is 0 Å². The Bertz CT molecular complexity index is 329. The average molecular weight is 233 g/mol. The van der Waals surface area contributed by atoms with E-state index in [2.05, 4.69) is 14.7 Å². The summed E-state index contributed by atoms with van der Waals surface area (Å²) in [5.41, 5.74) is 8.02. The van der Waals surface area contributed by atoms with Gasteiger partial charge in [0.2, 0.25) is 0 Å². The van der Waals surface area contributed by atoms with Gasteiger partial charge >= 0.3 is 0 Å². The summed E-state index contributed by atoms with van der Waals surface area (Å²) >= 11 is 0. The number of hydrogen-bond acceptors (Lipinski definition) is 3. The predicted molar refractivity (Wildman–Crippen MR) is 56.4 cm³/mol. The first-order valence-electron chi connectivity index (χ1n) is 4.92. The van der Waals surface area contributed by atoms with Crippen LogP contribution in [0, 0.1) is 0 Å². The van der Waals surface area contributed by atoms with Crippen LogP contribution in [-0.4, -0.2) is 38.9 Å². The van der Waals surface area contributed by atoms with E-state index in [1.807, 2.05) is 0 Å². The molecule has 0 aromatic heterocycles. The van der Waals surface area contributed by atoms with Gasteiger partial charge in [0, 0.05) is 31.1 Å².